The highest BCUT2D eigenvalue weighted by Crippen LogP contribution is 2.55. The molecule has 14 atom stereocenters. The summed E-state index contributed by atoms with van der Waals surface area (Å²) in [6.07, 6.45) is -8.77. The van der Waals surface area contributed by atoms with Gasteiger partial charge in [0.2, 0.25) is 11.8 Å². The number of carbonyl (C=O) groups is 4. The van der Waals surface area contributed by atoms with E-state index in [1.54, 1.807) is 57.2 Å². The Morgan fingerprint density at radius 1 is 1.07 bits per heavy atom. The molecule has 328 valence electrons. The van der Waals surface area contributed by atoms with Crippen LogP contribution in [-0.4, -0.2) is 171 Å². The van der Waals surface area contributed by atoms with Gasteiger partial charge in [0, 0.05) is 12.8 Å². The van der Waals surface area contributed by atoms with Crippen molar-refractivity contribution >= 4 is 29.8 Å². The van der Waals surface area contributed by atoms with Crippen LogP contribution in [0.3, 0.4) is 0 Å². The molecule has 1 aliphatic carbocycles. The van der Waals surface area contributed by atoms with Crippen molar-refractivity contribution in [1.29, 1.82) is 0 Å². The van der Waals surface area contributed by atoms with Crippen LogP contribution >= 0.6 is 0 Å². The van der Waals surface area contributed by atoms with Gasteiger partial charge in [-0.3, -0.25) is 24.0 Å². The minimum atomic E-state index is -1.66. The van der Waals surface area contributed by atoms with E-state index in [9.17, 15) is 49.8 Å². The maximum atomic E-state index is 14.6. The van der Waals surface area contributed by atoms with Crippen LogP contribution in [0.25, 0.3) is 6.08 Å². The molecule has 1 aromatic carbocycles. The average molecular weight is 838 g/mol. The molecular formula is C39H55N3O17. The van der Waals surface area contributed by atoms with Gasteiger partial charge in [0.25, 0.3) is 0 Å². The Morgan fingerprint density at radius 3 is 2.51 bits per heavy atom. The van der Waals surface area contributed by atoms with Gasteiger partial charge < -0.3 is 69.7 Å². The van der Waals surface area contributed by atoms with E-state index in [2.05, 4.69) is 10.6 Å². The van der Waals surface area contributed by atoms with E-state index >= 15 is 0 Å². The third-order valence-corrected chi connectivity index (χ3v) is 11.0. The number of carbonyl (C=O) groups excluding carboxylic acids is 4. The quantitative estimate of drug-likeness (QED) is 0.0801. The van der Waals surface area contributed by atoms with Gasteiger partial charge in [0.15, 0.2) is 12.3 Å². The van der Waals surface area contributed by atoms with Gasteiger partial charge in [-0.1, -0.05) is 36.4 Å². The highest BCUT2D eigenvalue weighted by Gasteiger charge is 2.75. The second-order valence-corrected chi connectivity index (χ2v) is 16.5. The summed E-state index contributed by atoms with van der Waals surface area (Å²) in [7, 11) is 0. The number of hydroxylamine groups is 2. The first kappa shape index (κ1) is 44.9. The molecule has 6 rings (SSSR count). The number of nitrogens with zero attached hydrogens (tertiary/aromatic N) is 1. The van der Waals surface area contributed by atoms with Crippen molar-refractivity contribution in [3.63, 3.8) is 0 Å². The lowest BCUT2D eigenvalue weighted by Gasteiger charge is -2.49. The monoisotopic (exact) mass is 837 g/mol. The number of ether oxygens (including phenoxy) is 6. The third-order valence-electron chi connectivity index (χ3n) is 11.0. The topological polar surface area (TPSA) is 282 Å². The standard InChI is InChI=1S/C39H55N3O17/c1-19(45)26(34(50)40-22(16-43)10-11-25(46)58-38(2,3)4)41-37(52)39-14-23-30-31(55-18-54-30)33(39)59-42(32(39)35(51)56-23)15-21-8-5-7-20(13-21)9-6-12-53-36-29(49)28(48)27(47)24(17-44)57-36/h5-9,13,19,22-24,26-33,36,43-45,47-49H,10-12,14-18H2,1-4H3,(H,40,50)(H,41,52). The van der Waals surface area contributed by atoms with E-state index in [1.807, 2.05) is 0 Å². The molecule has 59 heavy (non-hydrogen) atoms. The maximum absolute atomic E-state index is 14.6. The molecule has 14 unspecified atom stereocenters. The van der Waals surface area contributed by atoms with E-state index in [4.69, 9.17) is 33.3 Å². The molecule has 0 radical (unpaired) electrons. The van der Waals surface area contributed by atoms with Crippen molar-refractivity contribution in [1.82, 2.24) is 15.7 Å². The summed E-state index contributed by atoms with van der Waals surface area (Å²) in [6, 6.07) is 3.38. The molecule has 5 aliphatic rings. The molecule has 20 nitrogen and oxygen atoms in total. The molecule has 4 saturated heterocycles. The Labute approximate surface area is 340 Å². The molecule has 4 heterocycles. The van der Waals surface area contributed by atoms with Gasteiger partial charge in [0.05, 0.1) is 38.5 Å². The van der Waals surface area contributed by atoms with Gasteiger partial charge >= 0.3 is 11.9 Å². The van der Waals surface area contributed by atoms with E-state index in [0.29, 0.717) is 11.1 Å². The summed E-state index contributed by atoms with van der Waals surface area (Å²) >= 11 is 0. The third kappa shape index (κ3) is 9.64. The number of hydrogen-bond donors (Lipinski definition) is 8. The van der Waals surface area contributed by atoms with Crippen molar-refractivity contribution in [2.45, 2.75) is 138 Å². The van der Waals surface area contributed by atoms with Crippen LogP contribution in [0.4, 0.5) is 0 Å². The summed E-state index contributed by atoms with van der Waals surface area (Å²) in [4.78, 5) is 60.8. The predicted octanol–water partition coefficient (Wildman–Crippen LogP) is -2.48. The average Bonchev–Trinajstić information content (AvgIpc) is 3.81. The minimum Gasteiger partial charge on any atom is -0.460 e. The second kappa shape index (κ2) is 18.5. The first-order valence-corrected chi connectivity index (χ1v) is 19.6. The number of nitrogens with one attached hydrogen (secondary N) is 2. The number of fused-ring (bicyclic) bond motifs is 4. The number of rotatable bonds is 16. The molecule has 4 aliphatic heterocycles. The first-order valence-electron chi connectivity index (χ1n) is 19.6. The number of amides is 2. The molecule has 1 aromatic rings. The molecule has 5 fully saturated rings. The molecule has 2 amide bonds. The number of aliphatic hydroxyl groups excluding tert-OH is 6. The molecule has 0 aromatic heterocycles. The van der Waals surface area contributed by atoms with E-state index in [-0.39, 0.29) is 39.2 Å². The molecule has 0 spiro atoms. The predicted molar refractivity (Wildman–Crippen MR) is 199 cm³/mol. The second-order valence-electron chi connectivity index (χ2n) is 16.5. The summed E-state index contributed by atoms with van der Waals surface area (Å²) in [6.45, 7) is 5.11. The fourth-order valence-corrected chi connectivity index (χ4v) is 8.21. The fourth-order valence-electron chi connectivity index (χ4n) is 8.21. The summed E-state index contributed by atoms with van der Waals surface area (Å²) in [5, 5.41) is 67.0. The van der Waals surface area contributed by atoms with Gasteiger partial charge in [-0.25, -0.2) is 0 Å². The van der Waals surface area contributed by atoms with Gasteiger partial charge in [-0.15, -0.1) is 0 Å². The van der Waals surface area contributed by atoms with E-state index in [0.717, 1.165) is 0 Å². The number of hydrogen-bond acceptors (Lipinski definition) is 18. The lowest BCUT2D eigenvalue weighted by Crippen LogP contribution is -2.71. The Morgan fingerprint density at radius 2 is 1.81 bits per heavy atom. The Bertz CT molecular complexity index is 1700. The normalized spacial score (nSPS) is 34.4. The molecular weight excluding hydrogens is 782 g/mol. The lowest BCUT2D eigenvalue weighted by molar-refractivity contribution is -0.298. The molecule has 2 bridgehead atoms. The van der Waals surface area contributed by atoms with E-state index < -0.39 is 127 Å². The zero-order chi connectivity index (χ0) is 42.8. The fraction of sp³-hybridized carbons (Fsp3) is 0.692. The van der Waals surface area contributed by atoms with Crippen molar-refractivity contribution < 1.29 is 83.1 Å². The van der Waals surface area contributed by atoms with Crippen LogP contribution in [-0.2, 0) is 59.0 Å². The van der Waals surface area contributed by atoms with Crippen LogP contribution in [0.15, 0.2) is 30.3 Å². The molecule has 20 heteroatoms. The van der Waals surface area contributed by atoms with Crippen molar-refractivity contribution in [3.05, 3.63) is 41.5 Å². The maximum Gasteiger partial charge on any atom is 0.327 e. The zero-order valence-electron chi connectivity index (χ0n) is 33.2. The summed E-state index contributed by atoms with van der Waals surface area (Å²) in [5.41, 5.74) is -1.03. The van der Waals surface area contributed by atoms with Crippen molar-refractivity contribution in [2.24, 2.45) is 5.41 Å². The summed E-state index contributed by atoms with van der Waals surface area (Å²) in [5.74, 6) is -2.88. The highest BCUT2D eigenvalue weighted by atomic mass is 16.8. The van der Waals surface area contributed by atoms with Gasteiger partial charge in [-0.2, -0.15) is 5.06 Å². The van der Waals surface area contributed by atoms with Crippen molar-refractivity contribution in [2.75, 3.05) is 26.6 Å². The number of esters is 2. The SMILES string of the molecule is CC(O)C(NC(=O)C12CC3OC(=O)C1N(Cc1cccc(C=CCOC4OC(CO)C(O)C(O)C4O)c1)OC2C1OCOC31)C(=O)NC(CO)CCC(=O)OC(C)(C)C. The number of aliphatic hydroxyl groups is 6. The van der Waals surface area contributed by atoms with Gasteiger partial charge in [0.1, 0.15) is 72.7 Å². The number of benzene rings is 1. The van der Waals surface area contributed by atoms with Crippen LogP contribution < -0.4 is 10.6 Å². The minimum absolute atomic E-state index is 0.00655. The zero-order valence-corrected chi connectivity index (χ0v) is 33.2. The highest BCUT2D eigenvalue weighted by molar-refractivity contribution is 5.96. The Kier molecular flexibility index (Phi) is 14.1. The van der Waals surface area contributed by atoms with Crippen LogP contribution in [0.1, 0.15) is 58.1 Å². The Hall–Kier alpha value is -3.64. The smallest absolute Gasteiger partial charge is 0.327 e. The largest absolute Gasteiger partial charge is 0.460 e. The van der Waals surface area contributed by atoms with Crippen molar-refractivity contribution in [3.8, 4) is 0 Å². The molecule has 1 saturated carbocycles. The van der Waals surface area contributed by atoms with Crippen LogP contribution in [0.5, 0.6) is 0 Å². The van der Waals surface area contributed by atoms with Crippen LogP contribution in [0.2, 0.25) is 0 Å². The van der Waals surface area contributed by atoms with E-state index in [1.165, 1.54) is 12.0 Å². The van der Waals surface area contributed by atoms with Gasteiger partial charge in [-0.05, 0) is 45.2 Å². The van der Waals surface area contributed by atoms with Crippen LogP contribution in [0, 0.1) is 5.41 Å². The molecule has 8 N–H and O–H groups in total. The lowest BCUT2D eigenvalue weighted by atomic mass is 9.62. The summed E-state index contributed by atoms with van der Waals surface area (Å²) < 4.78 is 33.7. The Balaban J connectivity index is 1.16. The first-order chi connectivity index (χ1) is 28.0.